The van der Waals surface area contributed by atoms with Crippen molar-refractivity contribution in [2.75, 3.05) is 18.4 Å². The number of carbonyl (C=O) groups excluding carboxylic acids is 1. The first-order valence-electron chi connectivity index (χ1n) is 7.84. The van der Waals surface area contributed by atoms with Crippen molar-refractivity contribution < 1.29 is 18.0 Å². The Hall–Kier alpha value is -2.23. The van der Waals surface area contributed by atoms with E-state index in [-0.39, 0.29) is 12.5 Å². The molecule has 1 aliphatic heterocycles. The lowest BCUT2D eigenvalue weighted by Gasteiger charge is -2.34. The van der Waals surface area contributed by atoms with Crippen LogP contribution in [0.25, 0.3) is 0 Å². The van der Waals surface area contributed by atoms with Gasteiger partial charge in [-0.05, 0) is 43.9 Å². The van der Waals surface area contributed by atoms with E-state index in [0.29, 0.717) is 37.2 Å². The number of aryl methyl sites for hydroxylation is 1. The third-order valence-corrected chi connectivity index (χ3v) is 4.30. The minimum atomic E-state index is -4.19. The van der Waals surface area contributed by atoms with Crippen molar-refractivity contribution in [1.29, 1.82) is 5.26 Å². The number of amides is 2. The molecule has 24 heavy (non-hydrogen) atoms. The Kier molecular flexibility index (Phi) is 5.37. The topological polar surface area (TPSA) is 56.1 Å². The first kappa shape index (κ1) is 18.1. The van der Waals surface area contributed by atoms with Crippen LogP contribution in [0, 0.1) is 16.7 Å². The maximum atomic E-state index is 12.3. The second-order valence-corrected chi connectivity index (χ2v) is 6.41. The fourth-order valence-corrected chi connectivity index (χ4v) is 2.61. The van der Waals surface area contributed by atoms with Crippen molar-refractivity contribution in [3.05, 3.63) is 29.8 Å². The number of nitrogens with one attached hydrogen (secondary N) is 1. The highest BCUT2D eigenvalue weighted by Crippen LogP contribution is 2.30. The standard InChI is InChI=1S/C17H20F3N3O/c1-16(12-21)7-9-23(10-8-16)15(24)22-14-4-2-3-13(11-14)5-6-17(18,19)20/h2-4,11H,5-10H2,1H3,(H,22,24). The zero-order valence-corrected chi connectivity index (χ0v) is 13.5. The summed E-state index contributed by atoms with van der Waals surface area (Å²) in [7, 11) is 0. The van der Waals surface area contributed by atoms with Gasteiger partial charge in [-0.3, -0.25) is 0 Å². The molecular formula is C17H20F3N3O. The lowest BCUT2D eigenvalue weighted by Crippen LogP contribution is -2.43. The van der Waals surface area contributed by atoms with Gasteiger partial charge in [0, 0.05) is 25.2 Å². The van der Waals surface area contributed by atoms with Gasteiger partial charge in [0.25, 0.3) is 0 Å². The smallest absolute Gasteiger partial charge is 0.324 e. The SMILES string of the molecule is CC1(C#N)CCN(C(=O)Nc2cccc(CCC(F)(F)F)c2)CC1. The molecule has 2 amide bonds. The average molecular weight is 339 g/mol. The molecule has 0 spiro atoms. The van der Waals surface area contributed by atoms with Crippen LogP contribution in [0.1, 0.15) is 31.7 Å². The van der Waals surface area contributed by atoms with Crippen LogP contribution in [0.2, 0.25) is 0 Å². The summed E-state index contributed by atoms with van der Waals surface area (Å²) in [4.78, 5) is 13.9. The molecule has 2 rings (SSSR count). The summed E-state index contributed by atoms with van der Waals surface area (Å²) in [6.45, 7) is 2.86. The van der Waals surface area contributed by atoms with E-state index < -0.39 is 18.0 Å². The lowest BCUT2D eigenvalue weighted by atomic mass is 9.82. The Morgan fingerprint density at radius 1 is 1.38 bits per heavy atom. The van der Waals surface area contributed by atoms with E-state index in [1.54, 1.807) is 29.2 Å². The molecule has 0 atom stereocenters. The van der Waals surface area contributed by atoms with Crippen LogP contribution in [0.5, 0.6) is 0 Å². The highest BCUT2D eigenvalue weighted by Gasteiger charge is 2.31. The van der Waals surface area contributed by atoms with E-state index in [4.69, 9.17) is 5.26 Å². The summed E-state index contributed by atoms with van der Waals surface area (Å²) in [5, 5.41) is 11.8. The zero-order valence-electron chi connectivity index (χ0n) is 13.5. The number of hydrogen-bond acceptors (Lipinski definition) is 2. The number of alkyl halides is 3. The van der Waals surface area contributed by atoms with Crippen molar-refractivity contribution in [1.82, 2.24) is 4.90 Å². The van der Waals surface area contributed by atoms with Crippen LogP contribution in [-0.2, 0) is 6.42 Å². The summed E-state index contributed by atoms with van der Waals surface area (Å²) in [5.74, 6) is 0. The van der Waals surface area contributed by atoms with E-state index in [2.05, 4.69) is 11.4 Å². The van der Waals surface area contributed by atoms with Gasteiger partial charge in [-0.2, -0.15) is 18.4 Å². The van der Waals surface area contributed by atoms with Gasteiger partial charge in [0.1, 0.15) is 0 Å². The number of benzene rings is 1. The molecule has 0 unspecified atom stereocenters. The summed E-state index contributed by atoms with van der Waals surface area (Å²) in [6.07, 6.45) is -3.97. The first-order chi connectivity index (χ1) is 11.2. The fourth-order valence-electron chi connectivity index (χ4n) is 2.61. The third kappa shape index (κ3) is 5.15. The van der Waals surface area contributed by atoms with Gasteiger partial charge in [-0.1, -0.05) is 12.1 Å². The number of carbonyl (C=O) groups is 1. The molecule has 1 fully saturated rings. The lowest BCUT2D eigenvalue weighted by molar-refractivity contribution is -0.133. The summed E-state index contributed by atoms with van der Waals surface area (Å²) < 4.78 is 36.9. The van der Waals surface area contributed by atoms with Crippen molar-refractivity contribution in [3.63, 3.8) is 0 Å². The largest absolute Gasteiger partial charge is 0.389 e. The molecule has 130 valence electrons. The van der Waals surface area contributed by atoms with Crippen molar-refractivity contribution in [2.24, 2.45) is 5.41 Å². The molecule has 1 aromatic rings. The van der Waals surface area contributed by atoms with Gasteiger partial charge < -0.3 is 10.2 Å². The number of anilines is 1. The molecule has 1 aromatic carbocycles. The van der Waals surface area contributed by atoms with Crippen molar-refractivity contribution >= 4 is 11.7 Å². The summed E-state index contributed by atoms with van der Waals surface area (Å²) >= 11 is 0. The molecule has 7 heteroatoms. The maximum Gasteiger partial charge on any atom is 0.389 e. The second-order valence-electron chi connectivity index (χ2n) is 6.41. The van der Waals surface area contributed by atoms with Gasteiger partial charge in [-0.25, -0.2) is 4.79 Å². The van der Waals surface area contributed by atoms with Gasteiger partial charge >= 0.3 is 12.2 Å². The molecule has 0 bridgehead atoms. The van der Waals surface area contributed by atoms with Gasteiger partial charge in [0.15, 0.2) is 0 Å². The van der Waals surface area contributed by atoms with Gasteiger partial charge in [0.2, 0.25) is 0 Å². The molecule has 1 saturated heterocycles. The molecule has 0 radical (unpaired) electrons. The average Bonchev–Trinajstić information content (AvgIpc) is 2.53. The van der Waals surface area contributed by atoms with Crippen LogP contribution in [0.15, 0.2) is 24.3 Å². The number of nitriles is 1. The Labute approximate surface area is 139 Å². The Balaban J connectivity index is 1.92. The van der Waals surface area contributed by atoms with Crippen LogP contribution in [-0.4, -0.2) is 30.2 Å². The van der Waals surface area contributed by atoms with Crippen LogP contribution >= 0.6 is 0 Å². The minimum absolute atomic E-state index is 0.114. The predicted molar refractivity (Wildman–Crippen MR) is 84.4 cm³/mol. The summed E-state index contributed by atoms with van der Waals surface area (Å²) in [5.41, 5.74) is 0.614. The van der Waals surface area contributed by atoms with Crippen LogP contribution in [0.4, 0.5) is 23.7 Å². The normalized spacial score (nSPS) is 17.2. The van der Waals surface area contributed by atoms with Crippen molar-refractivity contribution in [2.45, 2.75) is 38.8 Å². The zero-order chi connectivity index (χ0) is 17.8. The van der Waals surface area contributed by atoms with Gasteiger partial charge in [0.05, 0.1) is 11.5 Å². The Morgan fingerprint density at radius 3 is 2.62 bits per heavy atom. The van der Waals surface area contributed by atoms with Crippen molar-refractivity contribution in [3.8, 4) is 6.07 Å². The molecular weight excluding hydrogens is 319 g/mol. The van der Waals surface area contributed by atoms with E-state index in [1.807, 2.05) is 6.92 Å². The van der Waals surface area contributed by atoms with Crippen LogP contribution < -0.4 is 5.32 Å². The number of urea groups is 1. The quantitative estimate of drug-likeness (QED) is 0.890. The second kappa shape index (κ2) is 7.12. The van der Waals surface area contributed by atoms with E-state index in [9.17, 15) is 18.0 Å². The molecule has 1 heterocycles. The van der Waals surface area contributed by atoms with E-state index >= 15 is 0 Å². The molecule has 0 saturated carbocycles. The third-order valence-electron chi connectivity index (χ3n) is 4.30. The monoisotopic (exact) mass is 339 g/mol. The van der Waals surface area contributed by atoms with Crippen LogP contribution in [0.3, 0.4) is 0 Å². The molecule has 1 N–H and O–H groups in total. The highest BCUT2D eigenvalue weighted by molar-refractivity contribution is 5.89. The molecule has 4 nitrogen and oxygen atoms in total. The van der Waals surface area contributed by atoms with Gasteiger partial charge in [-0.15, -0.1) is 0 Å². The number of hydrogen-bond donors (Lipinski definition) is 1. The Bertz CT molecular complexity index is 629. The number of piperidine rings is 1. The number of halogens is 3. The highest BCUT2D eigenvalue weighted by atomic mass is 19.4. The fraction of sp³-hybridized carbons (Fsp3) is 0.529. The van der Waals surface area contributed by atoms with E-state index in [0.717, 1.165) is 0 Å². The number of likely N-dealkylation sites (tertiary alicyclic amines) is 1. The first-order valence-corrected chi connectivity index (χ1v) is 7.84. The number of rotatable bonds is 3. The Morgan fingerprint density at radius 2 is 2.04 bits per heavy atom. The summed E-state index contributed by atoms with van der Waals surface area (Å²) in [6, 6.07) is 8.44. The molecule has 0 aromatic heterocycles. The maximum absolute atomic E-state index is 12.3. The predicted octanol–water partition coefficient (Wildman–Crippen LogP) is 4.34. The molecule has 1 aliphatic rings. The van der Waals surface area contributed by atoms with E-state index in [1.165, 1.54) is 0 Å². The number of nitrogens with zero attached hydrogens (tertiary/aromatic N) is 2. The molecule has 0 aliphatic carbocycles. The minimum Gasteiger partial charge on any atom is -0.324 e.